The average molecular weight is 427 g/mol. The number of anilines is 1. The van der Waals surface area contributed by atoms with Crippen LogP contribution in [0.4, 0.5) is 5.82 Å². The van der Waals surface area contributed by atoms with Crippen molar-refractivity contribution in [3.8, 4) is 0 Å². The summed E-state index contributed by atoms with van der Waals surface area (Å²) in [4.78, 5) is 24.4. The zero-order chi connectivity index (χ0) is 21.5. The van der Waals surface area contributed by atoms with E-state index in [4.69, 9.17) is 9.97 Å². The monoisotopic (exact) mass is 426 g/mol. The number of nitrogens with zero attached hydrogens (tertiary/aromatic N) is 3. The van der Waals surface area contributed by atoms with Crippen molar-refractivity contribution in [2.24, 2.45) is 5.92 Å². The molecule has 1 saturated heterocycles. The van der Waals surface area contributed by atoms with E-state index in [2.05, 4.69) is 50.0 Å². The van der Waals surface area contributed by atoms with Crippen LogP contribution < -0.4 is 10.2 Å². The molecule has 1 aromatic heterocycles. The van der Waals surface area contributed by atoms with Gasteiger partial charge in [-0.3, -0.25) is 4.79 Å². The second kappa shape index (κ2) is 10.8. The molecule has 0 aliphatic carbocycles. The predicted octanol–water partition coefficient (Wildman–Crippen LogP) is 5.10. The summed E-state index contributed by atoms with van der Waals surface area (Å²) < 4.78 is 0. The maximum Gasteiger partial charge on any atom is 0.251 e. The van der Waals surface area contributed by atoms with E-state index in [1.807, 2.05) is 18.2 Å². The number of piperidine rings is 1. The Labute approximate surface area is 185 Å². The molecule has 2 aromatic rings. The van der Waals surface area contributed by atoms with Crippen molar-refractivity contribution in [2.75, 3.05) is 18.0 Å². The zero-order valence-electron chi connectivity index (χ0n) is 18.6. The SMILES string of the molecule is CCc1cc(N2CCCC[C@H]2C)nc(SCc2cccc(C(=O)NCC(C)C)c2)n1. The Bertz CT molecular complexity index is 855. The highest BCUT2D eigenvalue weighted by molar-refractivity contribution is 7.98. The second-order valence-electron chi connectivity index (χ2n) is 8.48. The number of amides is 1. The van der Waals surface area contributed by atoms with Crippen molar-refractivity contribution in [1.82, 2.24) is 15.3 Å². The van der Waals surface area contributed by atoms with Crippen LogP contribution in [0.2, 0.25) is 0 Å². The number of carbonyl (C=O) groups is 1. The van der Waals surface area contributed by atoms with Crippen LogP contribution in [-0.2, 0) is 12.2 Å². The summed E-state index contributed by atoms with van der Waals surface area (Å²) in [5.74, 6) is 2.22. The van der Waals surface area contributed by atoms with Gasteiger partial charge in [-0.05, 0) is 56.2 Å². The molecule has 1 amide bonds. The highest BCUT2D eigenvalue weighted by Gasteiger charge is 2.21. The quantitative estimate of drug-likeness (QED) is 0.470. The Morgan fingerprint density at radius 1 is 1.27 bits per heavy atom. The first kappa shape index (κ1) is 22.6. The maximum absolute atomic E-state index is 12.4. The molecule has 1 aliphatic heterocycles. The maximum atomic E-state index is 12.4. The minimum atomic E-state index is -0.0128. The molecule has 2 heterocycles. The molecule has 162 valence electrons. The largest absolute Gasteiger partial charge is 0.354 e. The third-order valence-corrected chi connectivity index (χ3v) is 6.35. The van der Waals surface area contributed by atoms with Crippen LogP contribution >= 0.6 is 11.8 Å². The third kappa shape index (κ3) is 6.21. The lowest BCUT2D eigenvalue weighted by Gasteiger charge is -2.34. The van der Waals surface area contributed by atoms with E-state index in [9.17, 15) is 4.79 Å². The fourth-order valence-corrected chi connectivity index (χ4v) is 4.46. The van der Waals surface area contributed by atoms with Crippen LogP contribution in [0.1, 0.15) is 68.6 Å². The first-order valence-corrected chi connectivity index (χ1v) is 12.1. The second-order valence-corrected chi connectivity index (χ2v) is 9.43. The lowest BCUT2D eigenvalue weighted by Crippen LogP contribution is -2.38. The van der Waals surface area contributed by atoms with E-state index in [0.717, 1.165) is 41.0 Å². The van der Waals surface area contributed by atoms with E-state index in [-0.39, 0.29) is 5.91 Å². The molecule has 0 radical (unpaired) electrons. The molecule has 0 spiro atoms. The Morgan fingerprint density at radius 3 is 2.83 bits per heavy atom. The van der Waals surface area contributed by atoms with Crippen molar-refractivity contribution in [1.29, 1.82) is 0 Å². The number of thioether (sulfide) groups is 1. The molecule has 5 nitrogen and oxygen atoms in total. The molecule has 6 heteroatoms. The molecule has 1 atom stereocenters. The summed E-state index contributed by atoms with van der Waals surface area (Å²) >= 11 is 1.64. The summed E-state index contributed by atoms with van der Waals surface area (Å²) in [6.07, 6.45) is 4.65. The molecule has 0 saturated carbocycles. The van der Waals surface area contributed by atoms with Crippen LogP contribution in [0.15, 0.2) is 35.5 Å². The molecular formula is C24H34N4OS. The molecule has 0 bridgehead atoms. The van der Waals surface area contributed by atoms with E-state index in [1.54, 1.807) is 11.8 Å². The Balaban J connectivity index is 1.70. The highest BCUT2D eigenvalue weighted by atomic mass is 32.2. The predicted molar refractivity (Wildman–Crippen MR) is 125 cm³/mol. The average Bonchev–Trinajstić information content (AvgIpc) is 2.76. The summed E-state index contributed by atoms with van der Waals surface area (Å²) in [6, 6.07) is 10.5. The van der Waals surface area contributed by atoms with Crippen LogP contribution in [0.25, 0.3) is 0 Å². The third-order valence-electron chi connectivity index (χ3n) is 5.43. The summed E-state index contributed by atoms with van der Waals surface area (Å²) in [5, 5.41) is 3.80. The van der Waals surface area contributed by atoms with Crippen molar-refractivity contribution in [3.05, 3.63) is 47.2 Å². The van der Waals surface area contributed by atoms with Crippen LogP contribution in [-0.4, -0.2) is 35.0 Å². The Kier molecular flexibility index (Phi) is 8.14. The number of hydrogen-bond donors (Lipinski definition) is 1. The Hall–Kier alpha value is -2.08. The molecule has 30 heavy (non-hydrogen) atoms. The Morgan fingerprint density at radius 2 is 2.10 bits per heavy atom. The summed E-state index contributed by atoms with van der Waals surface area (Å²) in [5.41, 5.74) is 2.90. The van der Waals surface area contributed by atoms with Crippen LogP contribution in [0.3, 0.4) is 0 Å². The van der Waals surface area contributed by atoms with Gasteiger partial charge in [0, 0.05) is 42.2 Å². The molecule has 0 unspecified atom stereocenters. The molecule has 1 N–H and O–H groups in total. The van der Waals surface area contributed by atoms with Crippen molar-refractivity contribution in [3.63, 3.8) is 0 Å². The van der Waals surface area contributed by atoms with Gasteiger partial charge in [-0.15, -0.1) is 0 Å². The fourth-order valence-electron chi connectivity index (χ4n) is 3.64. The number of rotatable bonds is 8. The van der Waals surface area contributed by atoms with Gasteiger partial charge < -0.3 is 10.2 Å². The number of benzene rings is 1. The summed E-state index contributed by atoms with van der Waals surface area (Å²) in [6.45, 7) is 10.4. The van der Waals surface area contributed by atoms with E-state index < -0.39 is 0 Å². The van der Waals surface area contributed by atoms with E-state index in [1.165, 1.54) is 19.3 Å². The number of aromatic nitrogens is 2. The van der Waals surface area contributed by atoms with Gasteiger partial charge in [0.05, 0.1) is 0 Å². The van der Waals surface area contributed by atoms with Gasteiger partial charge in [-0.1, -0.05) is 44.7 Å². The standard InChI is InChI=1S/C24H34N4OS/c1-5-21-14-22(28-12-7-6-9-18(28)4)27-24(26-21)30-16-19-10-8-11-20(13-19)23(29)25-15-17(2)3/h8,10-11,13-14,17-18H,5-7,9,12,15-16H2,1-4H3,(H,25,29)/t18-/m1/s1. The van der Waals surface area contributed by atoms with E-state index >= 15 is 0 Å². The first-order valence-electron chi connectivity index (χ1n) is 11.1. The molecule has 1 aliphatic rings. The van der Waals surface area contributed by atoms with Crippen molar-refractivity contribution in [2.45, 2.75) is 70.3 Å². The fraction of sp³-hybridized carbons (Fsp3) is 0.542. The van der Waals surface area contributed by atoms with Crippen molar-refractivity contribution >= 4 is 23.5 Å². The number of nitrogens with one attached hydrogen (secondary N) is 1. The lowest BCUT2D eigenvalue weighted by atomic mass is 10.0. The van der Waals surface area contributed by atoms with Gasteiger partial charge in [-0.2, -0.15) is 0 Å². The molecule has 1 aromatic carbocycles. The normalized spacial score (nSPS) is 16.7. The van der Waals surface area contributed by atoms with Gasteiger partial charge >= 0.3 is 0 Å². The highest BCUT2D eigenvalue weighted by Crippen LogP contribution is 2.27. The number of aryl methyl sites for hydroxylation is 1. The van der Waals surface area contributed by atoms with Crippen molar-refractivity contribution < 1.29 is 4.79 Å². The van der Waals surface area contributed by atoms with Gasteiger partial charge in [0.2, 0.25) is 0 Å². The minimum Gasteiger partial charge on any atom is -0.354 e. The zero-order valence-corrected chi connectivity index (χ0v) is 19.5. The van der Waals surface area contributed by atoms with Gasteiger partial charge in [0.15, 0.2) is 5.16 Å². The molecule has 1 fully saturated rings. The molecule has 3 rings (SSSR count). The van der Waals surface area contributed by atoms with E-state index in [0.29, 0.717) is 24.1 Å². The van der Waals surface area contributed by atoms with Gasteiger partial charge in [0.1, 0.15) is 5.82 Å². The lowest BCUT2D eigenvalue weighted by molar-refractivity contribution is 0.0949. The summed E-state index contributed by atoms with van der Waals surface area (Å²) in [7, 11) is 0. The first-order chi connectivity index (χ1) is 14.5. The van der Waals surface area contributed by atoms with Crippen LogP contribution in [0, 0.1) is 5.92 Å². The van der Waals surface area contributed by atoms with Gasteiger partial charge in [-0.25, -0.2) is 9.97 Å². The van der Waals surface area contributed by atoms with Crippen LogP contribution in [0.5, 0.6) is 0 Å². The molecular weight excluding hydrogens is 392 g/mol. The minimum absolute atomic E-state index is 0.0128. The number of hydrogen-bond acceptors (Lipinski definition) is 5. The topological polar surface area (TPSA) is 58.1 Å². The van der Waals surface area contributed by atoms with Gasteiger partial charge in [0.25, 0.3) is 5.91 Å². The number of carbonyl (C=O) groups excluding carboxylic acids is 1. The smallest absolute Gasteiger partial charge is 0.251 e.